The Hall–Kier alpha value is -2.02. The summed E-state index contributed by atoms with van der Waals surface area (Å²) in [6.45, 7) is -0.714. The van der Waals surface area contributed by atoms with Crippen LogP contribution in [0.2, 0.25) is 0 Å². The van der Waals surface area contributed by atoms with Crippen molar-refractivity contribution in [1.82, 2.24) is 5.32 Å². The molecule has 384 valence electrons. The fraction of sp³-hybridized carbons (Fsp3) is 0.947. The molecule has 66 heavy (non-hydrogen) atoms. The summed E-state index contributed by atoms with van der Waals surface area (Å²) >= 11 is 0. The highest BCUT2D eigenvalue weighted by molar-refractivity contribution is 5.76. The van der Waals surface area contributed by atoms with Crippen LogP contribution in [0.3, 0.4) is 0 Å². The second kappa shape index (κ2) is 23.3. The third-order valence-corrected chi connectivity index (χ3v) is 12.6. The average Bonchev–Trinajstić information content (AvgIpc) is 3.29. The Kier molecular flexibility index (Phi) is 19.4. The van der Waals surface area contributed by atoms with Crippen molar-refractivity contribution in [2.24, 2.45) is 5.92 Å². The number of amides is 1. The smallest absolute Gasteiger partial charge is 0.364 e. The van der Waals surface area contributed by atoms with E-state index >= 15 is 0 Å². The minimum absolute atomic E-state index is 0.703. The third-order valence-electron chi connectivity index (χ3n) is 12.6. The van der Waals surface area contributed by atoms with Gasteiger partial charge >= 0.3 is 5.97 Å². The number of methoxy groups -OCH3 is 1. The number of aliphatic hydroxyl groups is 14. The number of hydrogen-bond donors (Lipinski definition) is 16. The van der Waals surface area contributed by atoms with Crippen LogP contribution in [0.4, 0.5) is 0 Å². The molecule has 16 N–H and O–H groups in total. The standard InChI is InChI=1S/C38H65NO27/c1-11-14(46)5-38(37(55)56,65-28(11)22(49)15(47)6-40)66-32-23(50)16(7-41)59-35(26(32)53)62-29-18(9-43)60-34(20(24(29)51)39-13(3)45)64-33-27(54)36(61-19(10-44)31(33)57-4)63-30-17(8-42)58-12(2)21(48)25(30)52/h11-12,14-36,40-44,46-54H,5-10H2,1-4H3,(H,39,45)(H,55,56)/t11-,12+,14-,15?,16?,17?,18?,19?,20?,21?,22?,23+,24-,25-,26?,27?,28?,29-,30-,31+,32+,33-,34+,35+,36+,38+/m1/s1. The third kappa shape index (κ3) is 11.3. The van der Waals surface area contributed by atoms with Gasteiger partial charge in [0, 0.05) is 26.4 Å². The Balaban J connectivity index is 1.40. The number of hydrogen-bond acceptors (Lipinski definition) is 26. The molecule has 0 aliphatic carbocycles. The first-order valence-corrected chi connectivity index (χ1v) is 21.3. The van der Waals surface area contributed by atoms with E-state index in [9.17, 15) is 86.2 Å². The monoisotopic (exact) mass is 967 g/mol. The molecule has 0 aromatic rings. The second-order valence-electron chi connectivity index (χ2n) is 17.0. The predicted molar refractivity (Wildman–Crippen MR) is 207 cm³/mol. The summed E-state index contributed by atoms with van der Waals surface area (Å²) < 4.78 is 57.6. The van der Waals surface area contributed by atoms with Crippen LogP contribution in [-0.2, 0) is 57.0 Å². The lowest BCUT2D eigenvalue weighted by molar-refractivity contribution is -0.390. The van der Waals surface area contributed by atoms with E-state index in [0.717, 1.165) is 14.0 Å². The van der Waals surface area contributed by atoms with Crippen LogP contribution in [0.15, 0.2) is 0 Å². The SMILES string of the molecule is CO[C@H]1C(CO)O[C@@H](O[C@@H]2C(CO)O[C@@H](C)C(O)[C@H]2O)C(O)[C@H]1O[C@@H]1OC(CO)[C@@H](O[C@@H]2OC(CO)[C@H](O)[C@H](O[C@]3(C(=O)O)C[C@@H](O)[C@@H](C)C(C(O)C(O)CO)O3)C2O)[C@H](O)C1NC(C)=O. The Bertz CT molecular complexity index is 1550. The lowest BCUT2D eigenvalue weighted by Gasteiger charge is -2.51. The fourth-order valence-electron chi connectivity index (χ4n) is 8.79. The zero-order valence-electron chi connectivity index (χ0n) is 36.3. The van der Waals surface area contributed by atoms with Gasteiger partial charge in [-0.15, -0.1) is 0 Å². The Morgan fingerprint density at radius 3 is 1.68 bits per heavy atom. The van der Waals surface area contributed by atoms with Gasteiger partial charge in [0.05, 0.1) is 51.3 Å². The molecule has 0 aromatic carbocycles. The molecule has 0 radical (unpaired) electrons. The summed E-state index contributed by atoms with van der Waals surface area (Å²) in [6.07, 6.45) is -40.8. The number of carbonyl (C=O) groups excluding carboxylic acids is 1. The van der Waals surface area contributed by atoms with Gasteiger partial charge in [0.2, 0.25) is 5.91 Å². The molecule has 0 saturated carbocycles. The van der Waals surface area contributed by atoms with Crippen LogP contribution < -0.4 is 5.32 Å². The van der Waals surface area contributed by atoms with Crippen LogP contribution in [-0.4, -0.2) is 281 Å². The Morgan fingerprint density at radius 2 is 1.15 bits per heavy atom. The summed E-state index contributed by atoms with van der Waals surface area (Å²) in [5, 5.41) is 162. The number of aliphatic carboxylic acids is 1. The van der Waals surface area contributed by atoms with Crippen LogP contribution in [0.5, 0.6) is 0 Å². The van der Waals surface area contributed by atoms with Crippen molar-refractivity contribution in [2.45, 2.75) is 180 Å². The Morgan fingerprint density at radius 1 is 0.652 bits per heavy atom. The molecule has 0 spiro atoms. The molecule has 26 atom stereocenters. The molecule has 5 saturated heterocycles. The summed E-state index contributed by atoms with van der Waals surface area (Å²) in [4.78, 5) is 25.4. The highest BCUT2D eigenvalue weighted by atomic mass is 16.8. The molecule has 5 heterocycles. The molecule has 5 aliphatic rings. The topological polar surface area (TPSA) is 442 Å². The minimum Gasteiger partial charge on any atom is -0.477 e. The van der Waals surface area contributed by atoms with Gasteiger partial charge in [-0.1, -0.05) is 6.92 Å². The Labute approximate surface area is 376 Å². The molecular formula is C38H65NO27. The van der Waals surface area contributed by atoms with Crippen LogP contribution in [0.1, 0.15) is 27.2 Å². The summed E-state index contributed by atoms with van der Waals surface area (Å²) in [7, 11) is 1.16. The highest BCUT2D eigenvalue weighted by Crippen LogP contribution is 2.41. The van der Waals surface area contributed by atoms with Gasteiger partial charge in [0.25, 0.3) is 5.79 Å². The van der Waals surface area contributed by atoms with Gasteiger partial charge in [0.15, 0.2) is 18.9 Å². The van der Waals surface area contributed by atoms with E-state index in [1.54, 1.807) is 0 Å². The number of aliphatic hydroxyl groups excluding tert-OH is 14. The van der Waals surface area contributed by atoms with E-state index in [1.165, 1.54) is 13.8 Å². The normalized spacial score (nSPS) is 47.8. The number of carboxylic acids is 1. The van der Waals surface area contributed by atoms with Crippen LogP contribution >= 0.6 is 0 Å². The quantitative estimate of drug-likeness (QED) is 0.0606. The molecular weight excluding hydrogens is 902 g/mol. The molecule has 5 rings (SSSR count). The van der Waals surface area contributed by atoms with Gasteiger partial charge in [0.1, 0.15) is 110 Å². The maximum atomic E-state index is 12.8. The van der Waals surface area contributed by atoms with Crippen molar-refractivity contribution in [3.8, 4) is 0 Å². The van der Waals surface area contributed by atoms with Crippen molar-refractivity contribution in [3.63, 3.8) is 0 Å². The lowest BCUT2D eigenvalue weighted by Crippen LogP contribution is -2.70. The van der Waals surface area contributed by atoms with Crippen molar-refractivity contribution in [2.75, 3.05) is 40.1 Å². The van der Waals surface area contributed by atoms with Crippen LogP contribution in [0, 0.1) is 5.92 Å². The average molecular weight is 968 g/mol. The van der Waals surface area contributed by atoms with E-state index in [0.29, 0.717) is 0 Å². The minimum atomic E-state index is -2.98. The van der Waals surface area contributed by atoms with Gasteiger partial charge in [-0.25, -0.2) is 4.79 Å². The molecule has 28 heteroatoms. The maximum absolute atomic E-state index is 12.8. The van der Waals surface area contributed by atoms with E-state index in [1.807, 2.05) is 0 Å². The van der Waals surface area contributed by atoms with E-state index in [-0.39, 0.29) is 0 Å². The molecule has 28 nitrogen and oxygen atoms in total. The van der Waals surface area contributed by atoms with Crippen molar-refractivity contribution in [3.05, 3.63) is 0 Å². The molecule has 1 amide bonds. The van der Waals surface area contributed by atoms with Crippen LogP contribution in [0.25, 0.3) is 0 Å². The second-order valence-corrected chi connectivity index (χ2v) is 17.0. The zero-order chi connectivity index (χ0) is 49.1. The maximum Gasteiger partial charge on any atom is 0.364 e. The predicted octanol–water partition coefficient (Wildman–Crippen LogP) is -9.58. The van der Waals surface area contributed by atoms with Gasteiger partial charge in [-0.05, 0) is 6.92 Å². The number of ether oxygens (including phenoxy) is 10. The molecule has 5 fully saturated rings. The zero-order valence-corrected chi connectivity index (χ0v) is 36.3. The van der Waals surface area contributed by atoms with E-state index < -0.39 is 210 Å². The largest absolute Gasteiger partial charge is 0.477 e. The van der Waals surface area contributed by atoms with Crippen molar-refractivity contribution >= 4 is 11.9 Å². The van der Waals surface area contributed by atoms with Crippen molar-refractivity contribution < 1.29 is 134 Å². The summed E-state index contributed by atoms with van der Waals surface area (Å²) in [5.74, 6) is -6.80. The summed E-state index contributed by atoms with van der Waals surface area (Å²) in [6, 6.07) is -1.71. The van der Waals surface area contributed by atoms with Crippen molar-refractivity contribution in [1.29, 1.82) is 0 Å². The fourth-order valence-corrected chi connectivity index (χ4v) is 8.79. The first kappa shape index (κ1) is 54.9. The van der Waals surface area contributed by atoms with Gasteiger partial charge in [-0.3, -0.25) is 4.79 Å². The molecule has 11 unspecified atom stereocenters. The number of nitrogens with one attached hydrogen (secondary N) is 1. The van der Waals surface area contributed by atoms with E-state index in [2.05, 4.69) is 5.32 Å². The first-order valence-electron chi connectivity index (χ1n) is 21.3. The number of carbonyl (C=O) groups is 2. The lowest BCUT2D eigenvalue weighted by atomic mass is 9.84. The molecule has 0 aromatic heterocycles. The highest BCUT2D eigenvalue weighted by Gasteiger charge is 2.60. The van der Waals surface area contributed by atoms with E-state index in [4.69, 9.17) is 47.4 Å². The molecule has 5 aliphatic heterocycles. The summed E-state index contributed by atoms with van der Waals surface area (Å²) in [5.41, 5.74) is 0. The molecule has 0 bridgehead atoms. The first-order chi connectivity index (χ1) is 31.1. The number of carboxylic acid groups (broad SMARTS) is 1. The number of rotatable bonds is 18. The van der Waals surface area contributed by atoms with Gasteiger partial charge < -0.3 is 129 Å². The van der Waals surface area contributed by atoms with Gasteiger partial charge in [-0.2, -0.15) is 0 Å².